The van der Waals surface area contributed by atoms with Gasteiger partial charge in [-0.1, -0.05) is 43.4 Å². The first-order chi connectivity index (χ1) is 13.6. The van der Waals surface area contributed by atoms with Crippen LogP contribution in [0.4, 0.5) is 0 Å². The highest BCUT2D eigenvalue weighted by molar-refractivity contribution is 6.90. The van der Waals surface area contributed by atoms with Gasteiger partial charge in [0.05, 0.1) is 6.61 Å². The van der Waals surface area contributed by atoms with Crippen molar-refractivity contribution in [3.8, 4) is 5.75 Å². The molecule has 0 N–H and O–H groups in total. The van der Waals surface area contributed by atoms with Crippen LogP contribution in [0.1, 0.15) is 22.3 Å². The molecule has 1 unspecified atom stereocenters. The molecule has 0 saturated heterocycles. The Hall–Kier alpha value is -1.48. The Morgan fingerprint density at radius 3 is 2.03 bits per heavy atom. The van der Waals surface area contributed by atoms with E-state index in [4.69, 9.17) is 8.85 Å². The summed E-state index contributed by atoms with van der Waals surface area (Å²) >= 11 is 0. The molecular formula is C23H36O3Si3. The van der Waals surface area contributed by atoms with Crippen LogP contribution in [0.5, 0.6) is 5.75 Å². The van der Waals surface area contributed by atoms with Gasteiger partial charge < -0.3 is 8.85 Å². The van der Waals surface area contributed by atoms with E-state index in [1.54, 1.807) is 0 Å². The quantitative estimate of drug-likeness (QED) is 0.237. The predicted octanol–water partition coefficient (Wildman–Crippen LogP) is 6.14. The van der Waals surface area contributed by atoms with Gasteiger partial charge in [0, 0.05) is 19.9 Å². The first kappa shape index (κ1) is 23.8. The zero-order valence-electron chi connectivity index (χ0n) is 18.8. The van der Waals surface area contributed by atoms with Crippen molar-refractivity contribution in [1.29, 1.82) is 0 Å². The molecule has 0 aliphatic carbocycles. The molecule has 0 heterocycles. The van der Waals surface area contributed by atoms with E-state index in [-0.39, 0.29) is 5.78 Å². The van der Waals surface area contributed by atoms with Crippen molar-refractivity contribution in [2.75, 3.05) is 6.61 Å². The summed E-state index contributed by atoms with van der Waals surface area (Å²) in [6, 6.07) is 18.0. The Morgan fingerprint density at radius 2 is 1.48 bits per heavy atom. The number of hydrogen-bond donors (Lipinski definition) is 0. The van der Waals surface area contributed by atoms with E-state index in [2.05, 4.69) is 39.3 Å². The van der Waals surface area contributed by atoms with Gasteiger partial charge in [-0.15, -0.1) is 0 Å². The molecule has 2 rings (SSSR count). The molecule has 0 saturated carbocycles. The first-order valence-corrected chi connectivity index (χ1v) is 20.0. The fraction of sp³-hybridized carbons (Fsp3) is 0.435. The maximum absolute atomic E-state index is 12.5. The third-order valence-corrected chi connectivity index (χ3v) is 17.2. The summed E-state index contributed by atoms with van der Waals surface area (Å²) in [6.07, 6.45) is 1.03. The smallest absolute Gasteiger partial charge is 0.193 e. The number of ketones is 1. The number of carbonyl (C=O) groups is 1. The van der Waals surface area contributed by atoms with E-state index < -0.39 is 25.4 Å². The number of rotatable bonds is 11. The highest BCUT2D eigenvalue weighted by Gasteiger charge is 2.34. The van der Waals surface area contributed by atoms with Crippen LogP contribution in [0.25, 0.3) is 0 Å². The van der Waals surface area contributed by atoms with E-state index in [1.807, 2.05) is 54.6 Å². The van der Waals surface area contributed by atoms with E-state index in [9.17, 15) is 4.79 Å². The van der Waals surface area contributed by atoms with Crippen LogP contribution in [0.3, 0.4) is 0 Å². The maximum Gasteiger partial charge on any atom is 0.193 e. The molecule has 2 aromatic carbocycles. The Balaban J connectivity index is 1.87. The summed E-state index contributed by atoms with van der Waals surface area (Å²) in [5.41, 5.74) is 2.74. The predicted molar refractivity (Wildman–Crippen MR) is 131 cm³/mol. The van der Waals surface area contributed by atoms with Crippen molar-refractivity contribution >= 4 is 31.2 Å². The van der Waals surface area contributed by atoms with Gasteiger partial charge in [0.15, 0.2) is 22.4 Å². The molecule has 6 heteroatoms. The normalized spacial score (nSPS) is 13.9. The number of carbonyl (C=O) groups excluding carboxylic acids is 1. The molecule has 0 spiro atoms. The van der Waals surface area contributed by atoms with Gasteiger partial charge in [0.25, 0.3) is 0 Å². The summed E-state index contributed by atoms with van der Waals surface area (Å²) in [5.74, 6) is 0.864. The lowest BCUT2D eigenvalue weighted by atomic mass is 10.0. The van der Waals surface area contributed by atoms with Gasteiger partial charge >= 0.3 is 0 Å². The SMILES string of the molecule is C[SiH](C)C[Si](C)(CCCOc1ccc(C(=O)c2ccccc2)cc1)O[Si](C)(C)C. The highest BCUT2D eigenvalue weighted by Crippen LogP contribution is 2.26. The summed E-state index contributed by atoms with van der Waals surface area (Å²) in [7, 11) is -3.82. The zero-order valence-corrected chi connectivity index (χ0v) is 22.0. The fourth-order valence-electron chi connectivity index (χ4n) is 3.89. The van der Waals surface area contributed by atoms with E-state index >= 15 is 0 Å². The van der Waals surface area contributed by atoms with Crippen molar-refractivity contribution < 1.29 is 13.6 Å². The van der Waals surface area contributed by atoms with Crippen molar-refractivity contribution in [2.24, 2.45) is 0 Å². The van der Waals surface area contributed by atoms with Gasteiger partial charge in [0.1, 0.15) is 5.75 Å². The lowest BCUT2D eigenvalue weighted by Crippen LogP contribution is -2.46. The van der Waals surface area contributed by atoms with Crippen LogP contribution in [0.2, 0.25) is 51.0 Å². The van der Waals surface area contributed by atoms with E-state index in [0.29, 0.717) is 17.7 Å². The fourth-order valence-corrected chi connectivity index (χ4v) is 19.9. The Kier molecular flexibility index (Phi) is 8.63. The third kappa shape index (κ3) is 8.42. The monoisotopic (exact) mass is 444 g/mol. The zero-order chi connectivity index (χ0) is 21.5. The van der Waals surface area contributed by atoms with E-state index in [1.165, 1.54) is 5.67 Å². The summed E-state index contributed by atoms with van der Waals surface area (Å²) in [6.45, 7) is 14.9. The second-order valence-corrected chi connectivity index (χ2v) is 22.3. The van der Waals surface area contributed by atoms with Gasteiger partial charge in [-0.2, -0.15) is 0 Å². The second kappa shape index (κ2) is 10.5. The minimum absolute atomic E-state index is 0.0419. The molecular weight excluding hydrogens is 409 g/mol. The largest absolute Gasteiger partial charge is 0.494 e. The lowest BCUT2D eigenvalue weighted by Gasteiger charge is -2.35. The molecule has 158 valence electrons. The van der Waals surface area contributed by atoms with Crippen LogP contribution in [0, 0.1) is 0 Å². The van der Waals surface area contributed by atoms with Crippen LogP contribution in [0.15, 0.2) is 54.6 Å². The number of hydrogen-bond acceptors (Lipinski definition) is 3. The molecule has 0 aliphatic heterocycles. The van der Waals surface area contributed by atoms with Crippen LogP contribution < -0.4 is 4.74 Å². The summed E-state index contributed by atoms with van der Waals surface area (Å²) in [4.78, 5) is 12.5. The van der Waals surface area contributed by atoms with Crippen LogP contribution >= 0.6 is 0 Å². The average molecular weight is 445 g/mol. The molecule has 3 nitrogen and oxygen atoms in total. The molecule has 1 atom stereocenters. The van der Waals surface area contributed by atoms with Gasteiger partial charge in [-0.3, -0.25) is 4.79 Å². The second-order valence-electron chi connectivity index (χ2n) is 9.43. The first-order valence-electron chi connectivity index (χ1n) is 10.6. The molecule has 0 amide bonds. The third-order valence-electron chi connectivity index (χ3n) is 4.66. The Morgan fingerprint density at radius 1 is 0.897 bits per heavy atom. The highest BCUT2D eigenvalue weighted by atomic mass is 28.4. The van der Waals surface area contributed by atoms with Crippen LogP contribution in [-0.2, 0) is 4.12 Å². The molecule has 0 fully saturated rings. The van der Waals surface area contributed by atoms with Crippen LogP contribution in [-0.4, -0.2) is 37.8 Å². The van der Waals surface area contributed by atoms with Crippen molar-refractivity contribution in [2.45, 2.75) is 57.4 Å². The minimum atomic E-state index is -1.65. The molecule has 0 aliphatic rings. The molecule has 0 aromatic heterocycles. The van der Waals surface area contributed by atoms with Gasteiger partial charge in [-0.05, 0) is 68.6 Å². The average Bonchev–Trinajstić information content (AvgIpc) is 2.64. The Labute approximate surface area is 180 Å². The van der Waals surface area contributed by atoms with Gasteiger partial charge in [0.2, 0.25) is 0 Å². The topological polar surface area (TPSA) is 35.5 Å². The van der Waals surface area contributed by atoms with Crippen molar-refractivity contribution in [3.63, 3.8) is 0 Å². The summed E-state index contributed by atoms with van der Waals surface area (Å²) < 4.78 is 12.6. The van der Waals surface area contributed by atoms with Crippen molar-refractivity contribution in [1.82, 2.24) is 0 Å². The summed E-state index contributed by atoms with van der Waals surface area (Å²) in [5, 5.41) is 0. The lowest BCUT2D eigenvalue weighted by molar-refractivity contribution is 0.103. The van der Waals surface area contributed by atoms with E-state index in [0.717, 1.165) is 18.2 Å². The molecule has 0 radical (unpaired) electrons. The standard InChI is InChI=1S/C23H36O3Si3/c1-27(2)19-29(6,26-28(3,4)5)18-10-17-25-22-15-13-21(14-16-22)23(24)20-11-8-7-9-12-20/h7-9,11-16,27H,10,17-19H2,1-6H3. The Bertz CT molecular complexity index is 770. The number of ether oxygens (including phenoxy) is 1. The molecule has 29 heavy (non-hydrogen) atoms. The maximum atomic E-state index is 12.5. The van der Waals surface area contributed by atoms with Gasteiger partial charge in [-0.25, -0.2) is 0 Å². The molecule has 2 aromatic rings. The van der Waals surface area contributed by atoms with Crippen molar-refractivity contribution in [3.05, 3.63) is 65.7 Å². The minimum Gasteiger partial charge on any atom is -0.494 e. The number of benzene rings is 2. The molecule has 0 bridgehead atoms.